The second kappa shape index (κ2) is 5.07. The van der Waals surface area contributed by atoms with E-state index in [9.17, 15) is 14.4 Å². The van der Waals surface area contributed by atoms with Crippen molar-refractivity contribution in [2.75, 3.05) is 13.6 Å². The molecule has 1 aliphatic carbocycles. The van der Waals surface area contributed by atoms with Gasteiger partial charge in [-0.1, -0.05) is 13.8 Å². The third-order valence-corrected chi connectivity index (χ3v) is 3.94. The topological polar surface area (TPSA) is 69.7 Å². The van der Waals surface area contributed by atoms with Gasteiger partial charge in [-0.15, -0.1) is 0 Å². The molecule has 1 aliphatic heterocycles. The minimum Gasteiger partial charge on any atom is -0.341 e. The summed E-state index contributed by atoms with van der Waals surface area (Å²) < 4.78 is 0. The first-order valence-electron chi connectivity index (χ1n) is 7.14. The van der Waals surface area contributed by atoms with Crippen molar-refractivity contribution >= 4 is 17.8 Å². The van der Waals surface area contributed by atoms with Crippen molar-refractivity contribution in [2.45, 2.75) is 51.6 Å². The molecular formula is C14H23N3O3. The number of likely N-dealkylation sites (N-methyl/N-ethyl adjacent to an activating group) is 1. The zero-order valence-corrected chi connectivity index (χ0v) is 12.6. The van der Waals surface area contributed by atoms with Crippen molar-refractivity contribution in [2.24, 2.45) is 5.92 Å². The number of urea groups is 1. The molecule has 0 aromatic rings. The van der Waals surface area contributed by atoms with Crippen LogP contribution in [0.4, 0.5) is 4.79 Å². The van der Waals surface area contributed by atoms with Crippen LogP contribution < -0.4 is 5.32 Å². The summed E-state index contributed by atoms with van der Waals surface area (Å²) >= 11 is 0. The Balaban J connectivity index is 2.03. The zero-order valence-electron chi connectivity index (χ0n) is 12.6. The maximum absolute atomic E-state index is 12.4. The zero-order chi connectivity index (χ0) is 15.1. The van der Waals surface area contributed by atoms with Gasteiger partial charge in [-0.2, -0.15) is 0 Å². The predicted molar refractivity (Wildman–Crippen MR) is 73.9 cm³/mol. The molecule has 1 unspecified atom stereocenters. The molecule has 112 valence electrons. The van der Waals surface area contributed by atoms with Crippen LogP contribution in [0.5, 0.6) is 0 Å². The number of hydrogen-bond acceptors (Lipinski definition) is 3. The normalized spacial score (nSPS) is 26.1. The highest BCUT2D eigenvalue weighted by atomic mass is 16.2. The van der Waals surface area contributed by atoms with Gasteiger partial charge < -0.3 is 10.2 Å². The standard InChI is InChI=1S/C14H23N3O3/c1-9(2)7-14(3)12(19)17(13(20)15-14)8-11(18)16(4)10-5-6-10/h9-10H,5-8H2,1-4H3,(H,15,20). The summed E-state index contributed by atoms with van der Waals surface area (Å²) in [6.07, 6.45) is 2.58. The predicted octanol–water partition coefficient (Wildman–Crippen LogP) is 0.964. The lowest BCUT2D eigenvalue weighted by Crippen LogP contribution is -2.46. The largest absolute Gasteiger partial charge is 0.341 e. The fourth-order valence-corrected chi connectivity index (χ4v) is 2.76. The SMILES string of the molecule is CC(C)CC1(C)NC(=O)N(CC(=O)N(C)C2CC2)C1=O. The van der Waals surface area contributed by atoms with Crippen LogP contribution in [0.15, 0.2) is 0 Å². The lowest BCUT2D eigenvalue weighted by molar-refractivity contribution is -0.138. The van der Waals surface area contributed by atoms with E-state index in [4.69, 9.17) is 0 Å². The van der Waals surface area contributed by atoms with E-state index >= 15 is 0 Å². The first-order valence-corrected chi connectivity index (χ1v) is 7.14. The molecule has 2 aliphatic rings. The van der Waals surface area contributed by atoms with Crippen molar-refractivity contribution in [3.63, 3.8) is 0 Å². The van der Waals surface area contributed by atoms with Crippen LogP contribution >= 0.6 is 0 Å². The Morgan fingerprint density at radius 3 is 2.55 bits per heavy atom. The lowest BCUT2D eigenvalue weighted by Gasteiger charge is -2.24. The van der Waals surface area contributed by atoms with Crippen LogP contribution in [0.2, 0.25) is 0 Å². The van der Waals surface area contributed by atoms with E-state index in [1.807, 2.05) is 13.8 Å². The molecule has 2 fully saturated rings. The minimum atomic E-state index is -0.885. The van der Waals surface area contributed by atoms with Gasteiger partial charge in [0, 0.05) is 13.1 Å². The van der Waals surface area contributed by atoms with Crippen molar-refractivity contribution in [1.29, 1.82) is 0 Å². The highest BCUT2D eigenvalue weighted by molar-refractivity contribution is 6.08. The van der Waals surface area contributed by atoms with Crippen LogP contribution in [-0.2, 0) is 9.59 Å². The van der Waals surface area contributed by atoms with Crippen LogP contribution in [0.25, 0.3) is 0 Å². The van der Waals surface area contributed by atoms with Gasteiger partial charge in [-0.3, -0.25) is 14.5 Å². The molecule has 0 spiro atoms. The Hall–Kier alpha value is -1.59. The number of imide groups is 1. The quantitative estimate of drug-likeness (QED) is 0.763. The van der Waals surface area contributed by atoms with E-state index in [2.05, 4.69) is 5.32 Å². The number of amides is 4. The van der Waals surface area contributed by atoms with Crippen LogP contribution in [-0.4, -0.2) is 52.8 Å². The van der Waals surface area contributed by atoms with Gasteiger partial charge in [0.05, 0.1) is 0 Å². The number of hydrogen-bond donors (Lipinski definition) is 1. The van der Waals surface area contributed by atoms with Gasteiger partial charge in [0.2, 0.25) is 5.91 Å². The van der Waals surface area contributed by atoms with Gasteiger partial charge in [-0.25, -0.2) is 4.79 Å². The van der Waals surface area contributed by atoms with Crippen LogP contribution in [0, 0.1) is 5.92 Å². The summed E-state index contributed by atoms with van der Waals surface area (Å²) in [4.78, 5) is 39.1. The second-order valence-electron chi connectivity index (χ2n) is 6.49. The molecule has 0 aromatic heterocycles. The van der Waals surface area contributed by atoms with Crippen molar-refractivity contribution in [3.05, 3.63) is 0 Å². The minimum absolute atomic E-state index is 0.161. The molecule has 1 N–H and O–H groups in total. The maximum atomic E-state index is 12.4. The van der Waals surface area contributed by atoms with Gasteiger partial charge in [0.15, 0.2) is 0 Å². The molecule has 0 radical (unpaired) electrons. The number of carbonyl (C=O) groups is 3. The van der Waals surface area contributed by atoms with E-state index in [1.165, 1.54) is 0 Å². The van der Waals surface area contributed by atoms with Crippen molar-refractivity contribution in [3.8, 4) is 0 Å². The molecule has 2 rings (SSSR count). The summed E-state index contributed by atoms with van der Waals surface area (Å²) in [5, 5.41) is 2.72. The smallest absolute Gasteiger partial charge is 0.325 e. The molecule has 1 saturated carbocycles. The summed E-state index contributed by atoms with van der Waals surface area (Å²) in [6, 6.07) is -0.180. The summed E-state index contributed by atoms with van der Waals surface area (Å²) in [5.74, 6) is -0.187. The Morgan fingerprint density at radius 2 is 2.05 bits per heavy atom. The third-order valence-electron chi connectivity index (χ3n) is 3.94. The molecule has 1 atom stereocenters. The maximum Gasteiger partial charge on any atom is 0.325 e. The molecule has 1 saturated heterocycles. The van der Waals surface area contributed by atoms with Gasteiger partial charge >= 0.3 is 6.03 Å². The first kappa shape index (κ1) is 14.8. The number of carbonyl (C=O) groups excluding carboxylic acids is 3. The molecule has 4 amide bonds. The molecule has 6 nitrogen and oxygen atoms in total. The Kier molecular flexibility index (Phi) is 3.75. The summed E-state index contributed by atoms with van der Waals surface area (Å²) in [7, 11) is 1.73. The Labute approximate surface area is 119 Å². The van der Waals surface area contributed by atoms with E-state index in [0.29, 0.717) is 6.42 Å². The number of rotatable bonds is 5. The number of nitrogens with one attached hydrogen (secondary N) is 1. The first-order chi connectivity index (χ1) is 9.24. The summed E-state index contributed by atoms with van der Waals surface area (Å²) in [6.45, 7) is 5.56. The van der Waals surface area contributed by atoms with Crippen molar-refractivity contribution in [1.82, 2.24) is 15.1 Å². The van der Waals surface area contributed by atoms with Gasteiger partial charge in [0.25, 0.3) is 5.91 Å². The monoisotopic (exact) mass is 281 g/mol. The van der Waals surface area contributed by atoms with Crippen LogP contribution in [0.1, 0.15) is 40.0 Å². The highest BCUT2D eigenvalue weighted by Crippen LogP contribution is 2.27. The summed E-state index contributed by atoms with van der Waals surface area (Å²) in [5.41, 5.74) is -0.885. The van der Waals surface area contributed by atoms with Crippen LogP contribution in [0.3, 0.4) is 0 Å². The second-order valence-corrected chi connectivity index (χ2v) is 6.49. The van der Waals surface area contributed by atoms with E-state index < -0.39 is 11.6 Å². The van der Waals surface area contributed by atoms with Gasteiger partial charge in [-0.05, 0) is 32.1 Å². The average molecular weight is 281 g/mol. The fourth-order valence-electron chi connectivity index (χ4n) is 2.76. The number of nitrogens with zero attached hydrogens (tertiary/aromatic N) is 2. The van der Waals surface area contributed by atoms with Gasteiger partial charge in [0.1, 0.15) is 12.1 Å². The van der Waals surface area contributed by atoms with E-state index in [1.54, 1.807) is 18.9 Å². The third kappa shape index (κ3) is 2.78. The van der Waals surface area contributed by atoms with E-state index in [0.717, 1.165) is 17.7 Å². The highest BCUT2D eigenvalue weighted by Gasteiger charge is 2.48. The lowest BCUT2D eigenvalue weighted by atomic mass is 9.91. The van der Waals surface area contributed by atoms with Crippen molar-refractivity contribution < 1.29 is 14.4 Å². The Morgan fingerprint density at radius 1 is 1.45 bits per heavy atom. The Bertz CT molecular complexity index is 445. The fraction of sp³-hybridized carbons (Fsp3) is 0.786. The molecule has 0 aromatic carbocycles. The molecule has 0 bridgehead atoms. The molecule has 1 heterocycles. The average Bonchev–Trinajstić information content (AvgIpc) is 3.13. The molecule has 6 heteroatoms. The van der Waals surface area contributed by atoms with E-state index in [-0.39, 0.29) is 30.3 Å². The molecule has 20 heavy (non-hydrogen) atoms. The molecular weight excluding hydrogens is 258 g/mol.